The molecular weight excluding hydrogens is 192 g/mol. The molecule has 0 bridgehead atoms. The summed E-state index contributed by atoms with van der Waals surface area (Å²) in [5.74, 6) is 1.78. The van der Waals surface area contributed by atoms with Crippen LogP contribution in [-0.2, 0) is 17.8 Å². The Bertz CT molecular complexity index is 293. The summed E-state index contributed by atoms with van der Waals surface area (Å²) in [7, 11) is 0. The number of hydrogen-bond acceptors (Lipinski definition) is 4. The van der Waals surface area contributed by atoms with Gasteiger partial charge >= 0.3 is 0 Å². The Balaban J connectivity index is 1.68. The molecule has 2 heterocycles. The van der Waals surface area contributed by atoms with E-state index < -0.39 is 0 Å². The monoisotopic (exact) mass is 210 g/mol. The summed E-state index contributed by atoms with van der Waals surface area (Å²) in [5.41, 5.74) is 5.46. The predicted molar refractivity (Wildman–Crippen MR) is 57.3 cm³/mol. The van der Waals surface area contributed by atoms with Gasteiger partial charge in [0.15, 0.2) is 0 Å². The van der Waals surface area contributed by atoms with Crippen LogP contribution < -0.4 is 11.1 Å². The molecule has 1 aliphatic rings. The van der Waals surface area contributed by atoms with Crippen LogP contribution in [0.2, 0.25) is 0 Å². The van der Waals surface area contributed by atoms with Gasteiger partial charge in [0, 0.05) is 13.2 Å². The van der Waals surface area contributed by atoms with E-state index in [2.05, 4.69) is 5.32 Å². The molecule has 1 unspecified atom stereocenters. The first-order valence-corrected chi connectivity index (χ1v) is 5.48. The smallest absolute Gasteiger partial charge is 0.118 e. The van der Waals surface area contributed by atoms with Gasteiger partial charge in [0.05, 0.1) is 19.2 Å². The lowest BCUT2D eigenvalue weighted by Gasteiger charge is -2.09. The van der Waals surface area contributed by atoms with E-state index in [0.717, 1.165) is 31.2 Å². The molecule has 0 spiro atoms. The molecule has 0 saturated carbocycles. The second-order valence-corrected chi connectivity index (χ2v) is 3.84. The molecule has 1 aromatic rings. The van der Waals surface area contributed by atoms with Gasteiger partial charge in [0.25, 0.3) is 0 Å². The topological polar surface area (TPSA) is 60.4 Å². The van der Waals surface area contributed by atoms with Gasteiger partial charge in [-0.15, -0.1) is 0 Å². The van der Waals surface area contributed by atoms with Crippen molar-refractivity contribution in [3.63, 3.8) is 0 Å². The van der Waals surface area contributed by atoms with Crippen LogP contribution in [0.25, 0.3) is 0 Å². The average molecular weight is 210 g/mol. The Morgan fingerprint density at radius 2 is 2.27 bits per heavy atom. The van der Waals surface area contributed by atoms with Crippen molar-refractivity contribution in [1.82, 2.24) is 5.32 Å². The van der Waals surface area contributed by atoms with E-state index in [-0.39, 0.29) is 0 Å². The molecule has 1 atom stereocenters. The third kappa shape index (κ3) is 3.06. The van der Waals surface area contributed by atoms with Crippen LogP contribution in [-0.4, -0.2) is 19.3 Å². The van der Waals surface area contributed by atoms with E-state index in [1.54, 1.807) is 0 Å². The van der Waals surface area contributed by atoms with Crippen LogP contribution in [0, 0.1) is 0 Å². The fraction of sp³-hybridized carbons (Fsp3) is 0.636. The summed E-state index contributed by atoms with van der Waals surface area (Å²) in [4.78, 5) is 0. The molecule has 3 N–H and O–H groups in total. The zero-order chi connectivity index (χ0) is 10.5. The average Bonchev–Trinajstić information content (AvgIpc) is 2.88. The molecule has 15 heavy (non-hydrogen) atoms. The number of hydrogen-bond donors (Lipinski definition) is 2. The van der Waals surface area contributed by atoms with Crippen LogP contribution >= 0.6 is 0 Å². The molecule has 0 aliphatic carbocycles. The van der Waals surface area contributed by atoms with Gasteiger partial charge in [0.1, 0.15) is 11.5 Å². The Morgan fingerprint density at radius 1 is 1.40 bits per heavy atom. The highest BCUT2D eigenvalue weighted by molar-refractivity contribution is 5.06. The van der Waals surface area contributed by atoms with Crippen molar-refractivity contribution in [3.05, 3.63) is 23.7 Å². The maximum atomic E-state index is 5.50. The molecule has 0 radical (unpaired) electrons. The maximum Gasteiger partial charge on any atom is 0.118 e. The highest BCUT2D eigenvalue weighted by Gasteiger charge is 2.14. The maximum absolute atomic E-state index is 5.50. The molecule has 1 saturated heterocycles. The standard InChI is InChI=1S/C11H18N2O2/c12-6-9-3-4-11(15-9)8-13-7-10-2-1-5-14-10/h3-4,10,13H,1-2,5-8,12H2. The Hall–Kier alpha value is -0.840. The van der Waals surface area contributed by atoms with Crippen molar-refractivity contribution in [2.75, 3.05) is 13.2 Å². The highest BCUT2D eigenvalue weighted by Crippen LogP contribution is 2.11. The summed E-state index contributed by atoms with van der Waals surface area (Å²) in [6.07, 6.45) is 2.73. The molecule has 2 rings (SSSR count). The molecule has 0 aromatic carbocycles. The second-order valence-electron chi connectivity index (χ2n) is 3.84. The van der Waals surface area contributed by atoms with E-state index in [4.69, 9.17) is 14.9 Å². The molecule has 4 heteroatoms. The minimum absolute atomic E-state index is 0.383. The van der Waals surface area contributed by atoms with E-state index in [1.807, 2.05) is 12.1 Å². The Labute approximate surface area is 89.8 Å². The van der Waals surface area contributed by atoms with Crippen molar-refractivity contribution >= 4 is 0 Å². The number of rotatable bonds is 5. The van der Waals surface area contributed by atoms with E-state index in [0.29, 0.717) is 12.6 Å². The lowest BCUT2D eigenvalue weighted by Crippen LogP contribution is -2.25. The summed E-state index contributed by atoms with van der Waals surface area (Å²) in [6.45, 7) is 3.02. The van der Waals surface area contributed by atoms with Crippen LogP contribution in [0.5, 0.6) is 0 Å². The lowest BCUT2D eigenvalue weighted by atomic mass is 10.2. The van der Waals surface area contributed by atoms with Gasteiger partial charge in [-0.3, -0.25) is 0 Å². The number of ether oxygens (including phenoxy) is 1. The highest BCUT2D eigenvalue weighted by atomic mass is 16.5. The van der Waals surface area contributed by atoms with Gasteiger partial charge in [-0.2, -0.15) is 0 Å². The van der Waals surface area contributed by atoms with E-state index in [1.165, 1.54) is 12.8 Å². The molecule has 4 nitrogen and oxygen atoms in total. The molecule has 0 amide bonds. The SMILES string of the molecule is NCc1ccc(CNCC2CCCO2)o1. The molecular formula is C11H18N2O2. The van der Waals surface area contributed by atoms with Crippen LogP contribution in [0.1, 0.15) is 24.4 Å². The van der Waals surface area contributed by atoms with Crippen LogP contribution in [0.4, 0.5) is 0 Å². The first kappa shape index (κ1) is 10.7. The number of nitrogens with one attached hydrogen (secondary N) is 1. The number of furan rings is 1. The van der Waals surface area contributed by atoms with Crippen molar-refractivity contribution in [2.24, 2.45) is 5.73 Å². The van der Waals surface area contributed by atoms with Crippen molar-refractivity contribution in [1.29, 1.82) is 0 Å². The lowest BCUT2D eigenvalue weighted by molar-refractivity contribution is 0.109. The molecule has 1 aliphatic heterocycles. The zero-order valence-electron chi connectivity index (χ0n) is 8.87. The summed E-state index contributed by atoms with van der Waals surface area (Å²) < 4.78 is 11.0. The van der Waals surface area contributed by atoms with Crippen molar-refractivity contribution in [2.45, 2.75) is 32.0 Å². The van der Waals surface area contributed by atoms with Gasteiger partial charge in [-0.1, -0.05) is 0 Å². The third-order valence-electron chi connectivity index (χ3n) is 2.61. The van der Waals surface area contributed by atoms with E-state index >= 15 is 0 Å². The fourth-order valence-corrected chi connectivity index (χ4v) is 1.79. The van der Waals surface area contributed by atoms with Gasteiger partial charge in [-0.05, 0) is 25.0 Å². The summed E-state index contributed by atoms with van der Waals surface area (Å²) in [5, 5.41) is 3.32. The Morgan fingerprint density at radius 3 is 2.93 bits per heavy atom. The largest absolute Gasteiger partial charge is 0.463 e. The quantitative estimate of drug-likeness (QED) is 0.761. The van der Waals surface area contributed by atoms with Crippen LogP contribution in [0.3, 0.4) is 0 Å². The second kappa shape index (κ2) is 5.30. The fourth-order valence-electron chi connectivity index (χ4n) is 1.79. The van der Waals surface area contributed by atoms with Crippen molar-refractivity contribution < 1.29 is 9.15 Å². The molecule has 84 valence electrons. The molecule has 1 fully saturated rings. The number of nitrogens with two attached hydrogens (primary N) is 1. The van der Waals surface area contributed by atoms with Crippen molar-refractivity contribution in [3.8, 4) is 0 Å². The minimum atomic E-state index is 0.383. The first-order chi connectivity index (χ1) is 7.38. The van der Waals surface area contributed by atoms with Gasteiger partial charge < -0.3 is 20.2 Å². The zero-order valence-corrected chi connectivity index (χ0v) is 8.87. The van der Waals surface area contributed by atoms with Gasteiger partial charge in [0.2, 0.25) is 0 Å². The third-order valence-corrected chi connectivity index (χ3v) is 2.61. The predicted octanol–water partition coefficient (Wildman–Crippen LogP) is 1.01. The van der Waals surface area contributed by atoms with Gasteiger partial charge in [-0.25, -0.2) is 0 Å². The van der Waals surface area contributed by atoms with Crippen LogP contribution in [0.15, 0.2) is 16.5 Å². The normalized spacial score (nSPS) is 21.0. The minimum Gasteiger partial charge on any atom is -0.463 e. The summed E-state index contributed by atoms with van der Waals surface area (Å²) in [6, 6.07) is 3.88. The molecule has 1 aromatic heterocycles. The Kier molecular flexibility index (Phi) is 3.77. The first-order valence-electron chi connectivity index (χ1n) is 5.48. The van der Waals surface area contributed by atoms with E-state index in [9.17, 15) is 0 Å². The summed E-state index contributed by atoms with van der Waals surface area (Å²) >= 11 is 0.